The van der Waals surface area contributed by atoms with Crippen molar-refractivity contribution in [3.05, 3.63) is 0 Å². The maximum Gasteiger partial charge on any atom is 2.00 e. The summed E-state index contributed by atoms with van der Waals surface area (Å²) in [6.07, 6.45) is 0. The molecule has 0 aromatic heterocycles. The molecule has 0 aromatic rings. The quantitative estimate of drug-likeness (QED) is 0.342. The SMILES string of the molecule is O=S(=O)(NS(=O)(=O)C(F)(F)F)C(F)(F)F.O=S(=O)(NS(=O)(=O)C(F)(F)F)C(F)(F)F.[Fe+2]. The molecule has 0 aliphatic carbocycles. The van der Waals surface area contributed by atoms with Gasteiger partial charge in [-0.2, -0.15) is 52.7 Å². The minimum atomic E-state index is -6.60. The van der Waals surface area contributed by atoms with Crippen molar-refractivity contribution in [3.63, 3.8) is 0 Å². The zero-order chi connectivity index (χ0) is 25.4. The number of halogens is 12. The van der Waals surface area contributed by atoms with Crippen molar-refractivity contribution in [2.24, 2.45) is 0 Å². The van der Waals surface area contributed by atoms with Crippen LogP contribution in [0.4, 0.5) is 52.7 Å². The zero-order valence-corrected chi connectivity index (χ0v) is 17.2. The van der Waals surface area contributed by atoms with Crippen molar-refractivity contribution in [2.45, 2.75) is 22.0 Å². The fourth-order valence-corrected chi connectivity index (χ4v) is 4.30. The predicted octanol–water partition coefficient (Wildman–Crippen LogP) is 0.548. The first-order valence-electron chi connectivity index (χ1n) is 5.23. The molecule has 10 nitrogen and oxygen atoms in total. The van der Waals surface area contributed by atoms with Crippen molar-refractivity contribution in [1.29, 1.82) is 0 Å². The monoisotopic (exact) mass is 618 g/mol. The standard InChI is InChI=1S/2C2HF6NO4S2.Fe/c2*3-1(4,5)14(10,11)9-15(12,13)2(6,7)8;/h2*9H;/q;;+2. The Labute approximate surface area is 174 Å². The van der Waals surface area contributed by atoms with Crippen LogP contribution in [0.1, 0.15) is 0 Å². The van der Waals surface area contributed by atoms with E-state index in [4.69, 9.17) is 0 Å². The van der Waals surface area contributed by atoms with Gasteiger partial charge in [-0.3, -0.25) is 0 Å². The van der Waals surface area contributed by atoms with Crippen LogP contribution in [0.3, 0.4) is 0 Å². The van der Waals surface area contributed by atoms with Crippen molar-refractivity contribution in [1.82, 2.24) is 8.25 Å². The van der Waals surface area contributed by atoms with Gasteiger partial charge in [0.2, 0.25) is 0 Å². The van der Waals surface area contributed by atoms with Crippen LogP contribution in [0.5, 0.6) is 0 Å². The summed E-state index contributed by atoms with van der Waals surface area (Å²) in [5, 5.41) is 0. The second kappa shape index (κ2) is 9.72. The average molecular weight is 618 g/mol. The van der Waals surface area contributed by atoms with Gasteiger partial charge in [-0.15, -0.1) is 0 Å². The van der Waals surface area contributed by atoms with E-state index in [1.807, 2.05) is 0 Å². The van der Waals surface area contributed by atoms with E-state index in [9.17, 15) is 86.4 Å². The van der Waals surface area contributed by atoms with Crippen molar-refractivity contribution >= 4 is 40.1 Å². The third-order valence-corrected chi connectivity index (χ3v) is 7.61. The van der Waals surface area contributed by atoms with Gasteiger partial charge in [-0.1, -0.05) is 8.25 Å². The summed E-state index contributed by atoms with van der Waals surface area (Å²) in [5.41, 5.74) is -24.6. The molecule has 31 heavy (non-hydrogen) atoms. The Kier molecular flexibility index (Phi) is 11.0. The molecule has 0 atom stereocenters. The molecule has 0 radical (unpaired) electrons. The second-order valence-corrected chi connectivity index (χ2v) is 11.2. The van der Waals surface area contributed by atoms with Gasteiger partial charge in [-0.25, -0.2) is 33.7 Å². The van der Waals surface area contributed by atoms with E-state index in [1.165, 1.54) is 0 Å². The number of hydrogen-bond acceptors (Lipinski definition) is 8. The minimum absolute atomic E-state index is 0. The summed E-state index contributed by atoms with van der Waals surface area (Å²) in [6.45, 7) is 0. The molecule has 0 fully saturated rings. The van der Waals surface area contributed by atoms with Crippen molar-refractivity contribution < 1.29 is 103 Å². The molecule has 0 saturated heterocycles. The fourth-order valence-electron chi connectivity index (χ4n) is 0.478. The van der Waals surface area contributed by atoms with Gasteiger partial charge in [0.25, 0.3) is 0 Å². The molecule has 0 aromatic carbocycles. The molecule has 2 N–H and O–H groups in total. The molecule has 0 unspecified atom stereocenters. The first kappa shape index (κ1) is 35.0. The summed E-state index contributed by atoms with van der Waals surface area (Å²) in [6, 6.07) is 0. The van der Waals surface area contributed by atoms with E-state index in [1.54, 1.807) is 0 Å². The minimum Gasteiger partial charge on any atom is -0.202 e. The van der Waals surface area contributed by atoms with Crippen LogP contribution in [-0.4, -0.2) is 55.7 Å². The van der Waals surface area contributed by atoms with Crippen molar-refractivity contribution in [3.8, 4) is 0 Å². The molecule has 0 rings (SSSR count). The van der Waals surface area contributed by atoms with Crippen LogP contribution >= 0.6 is 0 Å². The number of rotatable bonds is 4. The van der Waals surface area contributed by atoms with E-state index in [-0.39, 0.29) is 17.1 Å². The Morgan fingerprint density at radius 2 is 0.452 bits per heavy atom. The Morgan fingerprint density at radius 3 is 0.516 bits per heavy atom. The third-order valence-electron chi connectivity index (χ3n) is 1.66. The third kappa shape index (κ3) is 9.82. The summed E-state index contributed by atoms with van der Waals surface area (Å²) in [5.74, 6) is 0. The molecule has 0 heterocycles. The van der Waals surface area contributed by atoms with E-state index >= 15 is 0 Å². The molecule has 0 saturated carbocycles. The van der Waals surface area contributed by atoms with E-state index < -0.39 is 70.4 Å². The van der Waals surface area contributed by atoms with Crippen LogP contribution in [-0.2, 0) is 57.2 Å². The molecule has 0 bridgehead atoms. The number of sulfonamides is 4. The number of hydrogen-bond donors (Lipinski definition) is 2. The molecule has 0 aliphatic rings. The van der Waals surface area contributed by atoms with Gasteiger partial charge in [0, 0.05) is 0 Å². The van der Waals surface area contributed by atoms with E-state index in [0.29, 0.717) is 0 Å². The van der Waals surface area contributed by atoms with Gasteiger partial charge >= 0.3 is 79.2 Å². The van der Waals surface area contributed by atoms with Crippen LogP contribution in [0, 0.1) is 0 Å². The number of nitrogens with one attached hydrogen (secondary N) is 2. The molecule has 0 spiro atoms. The van der Waals surface area contributed by atoms with Crippen LogP contribution < -0.4 is 8.25 Å². The first-order valence-corrected chi connectivity index (χ1v) is 11.2. The van der Waals surface area contributed by atoms with Gasteiger partial charge in [0.1, 0.15) is 0 Å². The molecule has 190 valence electrons. The van der Waals surface area contributed by atoms with Crippen molar-refractivity contribution in [2.75, 3.05) is 0 Å². The normalized spacial score (nSPS) is 14.8. The summed E-state index contributed by atoms with van der Waals surface area (Å²) in [4.78, 5) is 0. The maximum absolute atomic E-state index is 11.5. The summed E-state index contributed by atoms with van der Waals surface area (Å²) >= 11 is 0. The zero-order valence-electron chi connectivity index (χ0n) is 12.8. The van der Waals surface area contributed by atoms with E-state index in [0.717, 1.165) is 0 Å². The molecular weight excluding hydrogens is 616 g/mol. The van der Waals surface area contributed by atoms with Gasteiger partial charge in [0.15, 0.2) is 0 Å². The second-order valence-electron chi connectivity index (χ2n) is 3.96. The molecule has 0 aliphatic heterocycles. The number of alkyl halides is 12. The smallest absolute Gasteiger partial charge is 0.202 e. The maximum atomic E-state index is 11.5. The van der Waals surface area contributed by atoms with Gasteiger partial charge in [0.05, 0.1) is 0 Å². The Balaban J connectivity index is -0.000000490. The van der Waals surface area contributed by atoms with Crippen LogP contribution in [0.2, 0.25) is 0 Å². The predicted molar refractivity (Wildman–Crippen MR) is 66.2 cm³/mol. The van der Waals surface area contributed by atoms with Crippen LogP contribution in [0.15, 0.2) is 0 Å². The molecular formula is C4H2F12FeN2O8S4+2. The summed E-state index contributed by atoms with van der Waals surface area (Å²) in [7, 11) is -26.4. The summed E-state index contributed by atoms with van der Waals surface area (Å²) < 4.78 is 217. The fraction of sp³-hybridized carbons (Fsp3) is 1.00. The Morgan fingerprint density at radius 1 is 0.355 bits per heavy atom. The van der Waals surface area contributed by atoms with Gasteiger partial charge in [-0.05, 0) is 0 Å². The topological polar surface area (TPSA) is 161 Å². The van der Waals surface area contributed by atoms with Gasteiger partial charge < -0.3 is 0 Å². The van der Waals surface area contributed by atoms with Crippen LogP contribution in [0.25, 0.3) is 0 Å². The van der Waals surface area contributed by atoms with E-state index in [2.05, 4.69) is 0 Å². The first-order chi connectivity index (χ1) is 12.4. The molecule has 0 amide bonds. The Bertz CT molecular complexity index is 862. The molecule has 27 heteroatoms. The average Bonchev–Trinajstić information content (AvgIpc) is 2.30. The largest absolute Gasteiger partial charge is 2.00 e. The Hall–Kier alpha value is -0.601.